The second kappa shape index (κ2) is 8.48. The molecule has 0 bridgehead atoms. The van der Waals surface area contributed by atoms with Gasteiger partial charge in [0.1, 0.15) is 6.61 Å². The third kappa shape index (κ3) is 7.48. The van der Waals surface area contributed by atoms with Gasteiger partial charge in [0.15, 0.2) is 0 Å². The summed E-state index contributed by atoms with van der Waals surface area (Å²) >= 11 is 0. The lowest BCUT2D eigenvalue weighted by molar-refractivity contribution is 0.169. The van der Waals surface area contributed by atoms with Crippen LogP contribution in [0.5, 0.6) is 0 Å². The molecule has 0 amide bonds. The predicted octanol–water partition coefficient (Wildman–Crippen LogP) is 0.636. The third-order valence-corrected chi connectivity index (χ3v) is 1.02. The lowest BCUT2D eigenvalue weighted by Gasteiger charge is -1.99. The molecule has 0 aliphatic heterocycles. The van der Waals surface area contributed by atoms with Crippen LogP contribution in [-0.2, 0) is 4.74 Å². The molecule has 0 heterocycles. The van der Waals surface area contributed by atoms with E-state index in [9.17, 15) is 0 Å². The standard InChI is InChI=1S/C8H15NO/c1-3-5-7-10-8-6-9-4-2/h9H,4,6-8H2,1-2H3. The summed E-state index contributed by atoms with van der Waals surface area (Å²) in [7, 11) is 0. The van der Waals surface area contributed by atoms with Gasteiger partial charge in [0.25, 0.3) is 0 Å². The Balaban J connectivity index is 2.82. The highest BCUT2D eigenvalue weighted by Crippen LogP contribution is 1.70. The number of hydrogen-bond acceptors (Lipinski definition) is 2. The van der Waals surface area contributed by atoms with Crippen molar-refractivity contribution in [3.8, 4) is 11.8 Å². The van der Waals surface area contributed by atoms with Crippen molar-refractivity contribution in [2.75, 3.05) is 26.3 Å². The highest BCUT2D eigenvalue weighted by atomic mass is 16.5. The van der Waals surface area contributed by atoms with Gasteiger partial charge in [0.2, 0.25) is 0 Å². The fourth-order valence-corrected chi connectivity index (χ4v) is 0.516. The summed E-state index contributed by atoms with van der Waals surface area (Å²) < 4.78 is 5.14. The van der Waals surface area contributed by atoms with Crippen molar-refractivity contribution in [3.05, 3.63) is 0 Å². The third-order valence-electron chi connectivity index (χ3n) is 1.02. The van der Waals surface area contributed by atoms with Crippen molar-refractivity contribution in [2.45, 2.75) is 13.8 Å². The SMILES string of the molecule is CC#CCOCCNCC. The first-order valence-corrected chi connectivity index (χ1v) is 3.60. The van der Waals surface area contributed by atoms with Crippen LogP contribution in [0.1, 0.15) is 13.8 Å². The summed E-state index contributed by atoms with van der Waals surface area (Å²) in [6, 6.07) is 0. The zero-order valence-electron chi connectivity index (χ0n) is 6.74. The average Bonchev–Trinajstić information content (AvgIpc) is 1.97. The molecule has 58 valence electrons. The van der Waals surface area contributed by atoms with Crippen LogP contribution in [-0.4, -0.2) is 26.3 Å². The molecule has 0 rings (SSSR count). The Morgan fingerprint density at radius 3 is 2.90 bits per heavy atom. The van der Waals surface area contributed by atoms with Crippen LogP contribution in [0.2, 0.25) is 0 Å². The Labute approximate surface area is 63.0 Å². The molecule has 0 aromatic rings. The molecule has 0 fully saturated rings. The largest absolute Gasteiger partial charge is 0.367 e. The summed E-state index contributed by atoms with van der Waals surface area (Å²) in [5.74, 6) is 5.59. The quantitative estimate of drug-likeness (QED) is 0.448. The first-order chi connectivity index (χ1) is 4.91. The molecule has 0 aromatic heterocycles. The van der Waals surface area contributed by atoms with Gasteiger partial charge in [-0.1, -0.05) is 12.8 Å². The summed E-state index contributed by atoms with van der Waals surface area (Å²) in [6.45, 7) is 7.12. The highest BCUT2D eigenvalue weighted by Gasteiger charge is 1.81. The van der Waals surface area contributed by atoms with Crippen LogP contribution in [0.15, 0.2) is 0 Å². The number of ether oxygens (including phenoxy) is 1. The molecular weight excluding hydrogens is 126 g/mol. The van der Waals surface area contributed by atoms with Gasteiger partial charge >= 0.3 is 0 Å². The summed E-state index contributed by atoms with van der Waals surface area (Å²) in [4.78, 5) is 0. The Hall–Kier alpha value is -0.520. The number of nitrogens with one attached hydrogen (secondary N) is 1. The lowest BCUT2D eigenvalue weighted by Crippen LogP contribution is -2.18. The lowest BCUT2D eigenvalue weighted by atomic mass is 10.6. The maximum Gasteiger partial charge on any atom is 0.107 e. The van der Waals surface area contributed by atoms with E-state index < -0.39 is 0 Å². The van der Waals surface area contributed by atoms with E-state index in [0.29, 0.717) is 6.61 Å². The molecular formula is C8H15NO. The molecule has 1 N–H and O–H groups in total. The van der Waals surface area contributed by atoms with E-state index in [1.165, 1.54) is 0 Å². The van der Waals surface area contributed by atoms with Crippen molar-refractivity contribution < 1.29 is 4.74 Å². The van der Waals surface area contributed by atoms with Crippen LogP contribution in [0.25, 0.3) is 0 Å². The minimum absolute atomic E-state index is 0.557. The van der Waals surface area contributed by atoms with Gasteiger partial charge in [0, 0.05) is 6.54 Å². The molecule has 0 spiro atoms. The fraction of sp³-hybridized carbons (Fsp3) is 0.750. The van der Waals surface area contributed by atoms with E-state index in [1.54, 1.807) is 0 Å². The Kier molecular flexibility index (Phi) is 8.04. The van der Waals surface area contributed by atoms with Crippen molar-refractivity contribution in [1.29, 1.82) is 0 Å². The Morgan fingerprint density at radius 2 is 2.30 bits per heavy atom. The molecule has 0 radical (unpaired) electrons. The molecule has 0 aliphatic carbocycles. The zero-order valence-corrected chi connectivity index (χ0v) is 6.74. The van der Waals surface area contributed by atoms with Gasteiger partial charge < -0.3 is 10.1 Å². The minimum atomic E-state index is 0.557. The molecule has 0 saturated carbocycles. The maximum atomic E-state index is 5.14. The van der Waals surface area contributed by atoms with E-state index >= 15 is 0 Å². The van der Waals surface area contributed by atoms with Crippen molar-refractivity contribution >= 4 is 0 Å². The molecule has 0 saturated heterocycles. The predicted molar refractivity (Wildman–Crippen MR) is 42.8 cm³/mol. The molecule has 2 heteroatoms. The van der Waals surface area contributed by atoms with Crippen LogP contribution < -0.4 is 5.32 Å². The normalized spacial score (nSPS) is 8.60. The molecule has 0 unspecified atom stereocenters. The van der Waals surface area contributed by atoms with E-state index in [4.69, 9.17) is 4.74 Å². The molecule has 10 heavy (non-hydrogen) atoms. The van der Waals surface area contributed by atoms with E-state index in [1.807, 2.05) is 6.92 Å². The second-order valence-corrected chi connectivity index (χ2v) is 1.83. The number of rotatable bonds is 5. The Morgan fingerprint density at radius 1 is 1.50 bits per heavy atom. The van der Waals surface area contributed by atoms with E-state index in [-0.39, 0.29) is 0 Å². The number of hydrogen-bond donors (Lipinski definition) is 1. The minimum Gasteiger partial charge on any atom is -0.367 e. The second-order valence-electron chi connectivity index (χ2n) is 1.83. The number of likely N-dealkylation sites (N-methyl/N-ethyl adjacent to an activating group) is 1. The highest BCUT2D eigenvalue weighted by molar-refractivity contribution is 4.94. The average molecular weight is 141 g/mol. The van der Waals surface area contributed by atoms with Crippen LogP contribution in [0.4, 0.5) is 0 Å². The Bertz CT molecular complexity index is 112. The van der Waals surface area contributed by atoms with Crippen LogP contribution in [0.3, 0.4) is 0 Å². The van der Waals surface area contributed by atoms with Gasteiger partial charge in [0.05, 0.1) is 6.61 Å². The summed E-state index contributed by atoms with van der Waals surface area (Å²) in [5.41, 5.74) is 0. The monoisotopic (exact) mass is 141 g/mol. The van der Waals surface area contributed by atoms with E-state index in [2.05, 4.69) is 24.1 Å². The zero-order chi connectivity index (χ0) is 7.66. The van der Waals surface area contributed by atoms with Crippen molar-refractivity contribution in [1.82, 2.24) is 5.32 Å². The molecule has 2 nitrogen and oxygen atoms in total. The van der Waals surface area contributed by atoms with Crippen molar-refractivity contribution in [2.24, 2.45) is 0 Å². The van der Waals surface area contributed by atoms with Gasteiger partial charge in [-0.25, -0.2) is 0 Å². The van der Waals surface area contributed by atoms with Crippen molar-refractivity contribution in [3.63, 3.8) is 0 Å². The first-order valence-electron chi connectivity index (χ1n) is 3.60. The van der Waals surface area contributed by atoms with Gasteiger partial charge in [-0.15, -0.1) is 5.92 Å². The van der Waals surface area contributed by atoms with Gasteiger partial charge in [-0.2, -0.15) is 0 Å². The van der Waals surface area contributed by atoms with Gasteiger partial charge in [-0.05, 0) is 13.5 Å². The summed E-state index contributed by atoms with van der Waals surface area (Å²) in [6.07, 6.45) is 0. The van der Waals surface area contributed by atoms with Crippen LogP contribution in [0, 0.1) is 11.8 Å². The van der Waals surface area contributed by atoms with Gasteiger partial charge in [-0.3, -0.25) is 0 Å². The molecule has 0 aliphatic rings. The maximum absolute atomic E-state index is 5.14. The first kappa shape index (κ1) is 9.48. The molecule has 0 aromatic carbocycles. The molecule has 0 atom stereocenters. The van der Waals surface area contributed by atoms with Crippen LogP contribution >= 0.6 is 0 Å². The smallest absolute Gasteiger partial charge is 0.107 e. The topological polar surface area (TPSA) is 21.3 Å². The fourth-order valence-electron chi connectivity index (χ4n) is 0.516. The summed E-state index contributed by atoms with van der Waals surface area (Å²) in [5, 5.41) is 3.15. The van der Waals surface area contributed by atoms with E-state index in [0.717, 1.165) is 19.7 Å².